The lowest BCUT2D eigenvalue weighted by Gasteiger charge is -2.16. The van der Waals surface area contributed by atoms with Gasteiger partial charge in [-0.15, -0.1) is 0 Å². The average Bonchev–Trinajstić information content (AvgIpc) is 2.46. The Labute approximate surface area is 130 Å². The molecule has 116 valence electrons. The number of benzene rings is 2. The minimum Gasteiger partial charge on any atom is -0.488 e. The quantitative estimate of drug-likeness (QED) is 0.858. The molecule has 4 nitrogen and oxygen atoms in total. The molecule has 22 heavy (non-hydrogen) atoms. The van der Waals surface area contributed by atoms with Crippen molar-refractivity contribution in [3.05, 3.63) is 64.7 Å². The first kappa shape index (κ1) is 16.0. The SMILES string of the molecule is Cc1cc(C(N)CC(=O)O)cc(C)c1OCc1ccccc1. The maximum Gasteiger partial charge on any atom is 0.305 e. The van der Waals surface area contributed by atoms with Gasteiger partial charge in [0.1, 0.15) is 12.4 Å². The summed E-state index contributed by atoms with van der Waals surface area (Å²) in [4.78, 5) is 10.8. The first-order valence-corrected chi connectivity index (χ1v) is 7.22. The van der Waals surface area contributed by atoms with Crippen molar-refractivity contribution in [3.8, 4) is 5.75 Å². The first-order valence-electron chi connectivity index (χ1n) is 7.22. The molecule has 0 aliphatic carbocycles. The lowest BCUT2D eigenvalue weighted by Crippen LogP contribution is -2.15. The van der Waals surface area contributed by atoms with Crippen LogP contribution in [0.5, 0.6) is 5.75 Å². The number of carbonyl (C=O) groups is 1. The fourth-order valence-corrected chi connectivity index (χ4v) is 2.46. The molecule has 0 aliphatic heterocycles. The molecule has 0 fully saturated rings. The third kappa shape index (κ3) is 4.09. The molecule has 0 saturated heterocycles. The molecule has 0 bridgehead atoms. The summed E-state index contributed by atoms with van der Waals surface area (Å²) < 4.78 is 5.91. The molecular formula is C18H21NO3. The van der Waals surface area contributed by atoms with Crippen LogP contribution in [0.25, 0.3) is 0 Å². The van der Waals surface area contributed by atoms with Gasteiger partial charge in [0, 0.05) is 6.04 Å². The summed E-state index contributed by atoms with van der Waals surface area (Å²) in [5, 5.41) is 8.84. The summed E-state index contributed by atoms with van der Waals surface area (Å²) in [6.45, 7) is 4.40. The third-order valence-corrected chi connectivity index (χ3v) is 3.53. The van der Waals surface area contributed by atoms with Crippen molar-refractivity contribution in [1.82, 2.24) is 0 Å². The van der Waals surface area contributed by atoms with Gasteiger partial charge in [-0.3, -0.25) is 4.79 Å². The summed E-state index contributed by atoms with van der Waals surface area (Å²) in [7, 11) is 0. The van der Waals surface area contributed by atoms with Gasteiger partial charge in [-0.25, -0.2) is 0 Å². The molecule has 4 heteroatoms. The minimum absolute atomic E-state index is 0.0803. The number of aryl methyl sites for hydroxylation is 2. The van der Waals surface area contributed by atoms with Crippen molar-refractivity contribution in [2.45, 2.75) is 32.9 Å². The van der Waals surface area contributed by atoms with Crippen LogP contribution in [0.15, 0.2) is 42.5 Å². The molecule has 2 aromatic rings. The number of rotatable bonds is 6. The van der Waals surface area contributed by atoms with Crippen LogP contribution in [-0.2, 0) is 11.4 Å². The van der Waals surface area contributed by atoms with E-state index in [9.17, 15) is 4.79 Å². The predicted molar refractivity (Wildman–Crippen MR) is 85.9 cm³/mol. The van der Waals surface area contributed by atoms with Crippen LogP contribution in [0, 0.1) is 13.8 Å². The molecule has 0 amide bonds. The Morgan fingerprint density at radius 1 is 1.18 bits per heavy atom. The van der Waals surface area contributed by atoms with Gasteiger partial charge in [0.15, 0.2) is 0 Å². The average molecular weight is 299 g/mol. The zero-order valence-electron chi connectivity index (χ0n) is 12.9. The van der Waals surface area contributed by atoms with Crippen molar-refractivity contribution in [2.75, 3.05) is 0 Å². The highest BCUT2D eigenvalue weighted by atomic mass is 16.5. The zero-order chi connectivity index (χ0) is 16.1. The topological polar surface area (TPSA) is 72.6 Å². The smallest absolute Gasteiger partial charge is 0.305 e. The normalized spacial score (nSPS) is 12.0. The number of aliphatic carboxylic acids is 1. The lowest BCUT2D eigenvalue weighted by molar-refractivity contribution is -0.137. The van der Waals surface area contributed by atoms with Crippen molar-refractivity contribution >= 4 is 5.97 Å². The molecular weight excluding hydrogens is 278 g/mol. The van der Waals surface area contributed by atoms with E-state index < -0.39 is 12.0 Å². The minimum atomic E-state index is -0.896. The highest BCUT2D eigenvalue weighted by Gasteiger charge is 2.14. The molecule has 0 heterocycles. The van der Waals surface area contributed by atoms with Gasteiger partial charge in [-0.1, -0.05) is 42.5 Å². The van der Waals surface area contributed by atoms with Crippen molar-refractivity contribution in [2.24, 2.45) is 5.73 Å². The van der Waals surface area contributed by atoms with Crippen molar-refractivity contribution in [3.63, 3.8) is 0 Å². The van der Waals surface area contributed by atoms with E-state index in [1.807, 2.05) is 56.3 Å². The Balaban J connectivity index is 2.14. The number of ether oxygens (including phenoxy) is 1. The molecule has 1 atom stereocenters. The van der Waals surface area contributed by atoms with Gasteiger partial charge in [-0.05, 0) is 36.1 Å². The second kappa shape index (κ2) is 7.09. The van der Waals surface area contributed by atoms with E-state index in [2.05, 4.69) is 0 Å². The maximum absolute atomic E-state index is 10.8. The Hall–Kier alpha value is -2.33. The van der Waals surface area contributed by atoms with E-state index in [0.29, 0.717) is 6.61 Å². The van der Waals surface area contributed by atoms with Crippen molar-refractivity contribution < 1.29 is 14.6 Å². The summed E-state index contributed by atoms with van der Waals surface area (Å²) in [6.07, 6.45) is -0.0803. The molecule has 1 unspecified atom stereocenters. The fourth-order valence-electron chi connectivity index (χ4n) is 2.46. The highest BCUT2D eigenvalue weighted by molar-refractivity contribution is 5.68. The van der Waals surface area contributed by atoms with Crippen LogP contribution >= 0.6 is 0 Å². The summed E-state index contributed by atoms with van der Waals surface area (Å²) in [6, 6.07) is 13.3. The Morgan fingerprint density at radius 2 is 1.77 bits per heavy atom. The lowest BCUT2D eigenvalue weighted by atomic mass is 9.99. The fraction of sp³-hybridized carbons (Fsp3) is 0.278. The largest absolute Gasteiger partial charge is 0.488 e. The van der Waals surface area contributed by atoms with Gasteiger partial charge >= 0.3 is 5.97 Å². The van der Waals surface area contributed by atoms with Gasteiger partial charge in [-0.2, -0.15) is 0 Å². The predicted octanol–water partition coefficient (Wildman–Crippen LogP) is 3.36. The van der Waals surface area contributed by atoms with Crippen molar-refractivity contribution in [1.29, 1.82) is 0 Å². The van der Waals surface area contributed by atoms with Crippen LogP contribution in [0.2, 0.25) is 0 Å². The zero-order valence-corrected chi connectivity index (χ0v) is 12.9. The number of hydrogen-bond donors (Lipinski definition) is 2. The maximum atomic E-state index is 10.8. The van der Waals surface area contributed by atoms with E-state index in [-0.39, 0.29) is 6.42 Å². The Morgan fingerprint density at radius 3 is 2.32 bits per heavy atom. The monoisotopic (exact) mass is 299 g/mol. The summed E-state index contributed by atoms with van der Waals surface area (Å²) >= 11 is 0. The van der Waals surface area contributed by atoms with Crippen LogP contribution < -0.4 is 10.5 Å². The summed E-state index contributed by atoms with van der Waals surface area (Å²) in [5.74, 6) is -0.0673. The number of hydrogen-bond acceptors (Lipinski definition) is 3. The molecule has 0 aliphatic rings. The first-order chi connectivity index (χ1) is 10.5. The third-order valence-electron chi connectivity index (χ3n) is 3.53. The molecule has 0 spiro atoms. The highest BCUT2D eigenvalue weighted by Crippen LogP contribution is 2.28. The van der Waals surface area contributed by atoms with Crippen LogP contribution in [0.3, 0.4) is 0 Å². The Bertz CT molecular complexity index is 630. The van der Waals surface area contributed by atoms with E-state index in [4.69, 9.17) is 15.6 Å². The molecule has 0 radical (unpaired) electrons. The van der Waals surface area contributed by atoms with Crippen LogP contribution in [0.4, 0.5) is 0 Å². The van der Waals surface area contributed by atoms with E-state index in [1.165, 1.54) is 0 Å². The molecule has 0 aromatic heterocycles. The van der Waals surface area contributed by atoms with Gasteiger partial charge in [0.2, 0.25) is 0 Å². The molecule has 0 saturated carbocycles. The molecule has 3 N–H and O–H groups in total. The van der Waals surface area contributed by atoms with E-state index in [0.717, 1.165) is 28.0 Å². The van der Waals surface area contributed by atoms with Gasteiger partial charge in [0.25, 0.3) is 0 Å². The number of carboxylic acids is 1. The standard InChI is InChI=1S/C18H21NO3/c1-12-8-15(16(19)10-17(20)21)9-13(2)18(12)22-11-14-6-4-3-5-7-14/h3-9,16H,10-11,19H2,1-2H3,(H,20,21). The molecule has 2 rings (SSSR count). The van der Waals surface area contributed by atoms with E-state index in [1.54, 1.807) is 0 Å². The van der Waals surface area contributed by atoms with E-state index >= 15 is 0 Å². The number of carboxylic acid groups (broad SMARTS) is 1. The van der Waals surface area contributed by atoms with Crippen LogP contribution in [-0.4, -0.2) is 11.1 Å². The summed E-state index contributed by atoms with van der Waals surface area (Å²) in [5.41, 5.74) is 9.78. The second-order valence-electron chi connectivity index (χ2n) is 5.46. The molecule has 2 aromatic carbocycles. The van der Waals surface area contributed by atoms with Crippen LogP contribution in [0.1, 0.15) is 34.7 Å². The van der Waals surface area contributed by atoms with Gasteiger partial charge in [0.05, 0.1) is 6.42 Å². The Kier molecular flexibility index (Phi) is 5.17. The number of nitrogens with two attached hydrogens (primary N) is 1. The van der Waals surface area contributed by atoms with Gasteiger partial charge < -0.3 is 15.6 Å². The second-order valence-corrected chi connectivity index (χ2v) is 5.46.